The minimum Gasteiger partial charge on any atom is -0.493 e. The molecule has 1 N–H and O–H groups in total. The lowest BCUT2D eigenvalue weighted by molar-refractivity contribution is 0.352. The molecule has 5 heteroatoms. The van der Waals surface area contributed by atoms with Crippen LogP contribution in [0.5, 0.6) is 5.75 Å². The summed E-state index contributed by atoms with van der Waals surface area (Å²) in [5, 5.41) is 7.82. The van der Waals surface area contributed by atoms with Crippen LogP contribution in [0.3, 0.4) is 0 Å². The van der Waals surface area contributed by atoms with E-state index in [4.69, 9.17) is 4.74 Å². The summed E-state index contributed by atoms with van der Waals surface area (Å²) in [4.78, 5) is 0. The molecule has 1 aromatic carbocycles. The highest BCUT2D eigenvalue weighted by atomic mass is 79.9. The first-order valence-electron chi connectivity index (χ1n) is 7.42. The zero-order chi connectivity index (χ0) is 14.7. The van der Waals surface area contributed by atoms with Gasteiger partial charge in [-0.3, -0.25) is 4.68 Å². The van der Waals surface area contributed by atoms with E-state index in [9.17, 15) is 0 Å². The Morgan fingerprint density at radius 1 is 1.38 bits per heavy atom. The fraction of sp³-hybridized carbons (Fsp3) is 0.438. The predicted molar refractivity (Wildman–Crippen MR) is 86.4 cm³/mol. The maximum absolute atomic E-state index is 5.75. The first-order valence-corrected chi connectivity index (χ1v) is 8.21. The molecule has 112 valence electrons. The summed E-state index contributed by atoms with van der Waals surface area (Å²) >= 11 is 3.58. The highest BCUT2D eigenvalue weighted by Crippen LogP contribution is 2.32. The van der Waals surface area contributed by atoms with E-state index in [1.54, 1.807) is 0 Å². The molecule has 0 unspecified atom stereocenters. The number of nitrogens with zero attached hydrogens (tertiary/aromatic N) is 2. The molecule has 0 radical (unpaired) electrons. The number of hydrogen-bond acceptors (Lipinski definition) is 3. The van der Waals surface area contributed by atoms with Crippen molar-refractivity contribution in [3.63, 3.8) is 0 Å². The van der Waals surface area contributed by atoms with Gasteiger partial charge in [-0.15, -0.1) is 0 Å². The zero-order valence-corrected chi connectivity index (χ0v) is 13.8. The van der Waals surface area contributed by atoms with Crippen molar-refractivity contribution in [1.82, 2.24) is 15.1 Å². The lowest BCUT2D eigenvalue weighted by atomic mass is 10.1. The lowest BCUT2D eigenvalue weighted by Crippen LogP contribution is -2.13. The second-order valence-electron chi connectivity index (χ2n) is 5.37. The smallest absolute Gasteiger partial charge is 0.127 e. The number of ether oxygens (including phenoxy) is 1. The SMILES string of the molecule is CCCn1cc(CNCc2cc(Br)cc3c2OCC3)cn1. The van der Waals surface area contributed by atoms with Crippen molar-refractivity contribution in [3.8, 4) is 5.75 Å². The molecule has 0 atom stereocenters. The molecule has 4 nitrogen and oxygen atoms in total. The molecule has 0 saturated heterocycles. The van der Waals surface area contributed by atoms with Crippen molar-refractivity contribution in [2.24, 2.45) is 0 Å². The topological polar surface area (TPSA) is 39.1 Å². The standard InChI is InChI=1S/C16H20BrN3O/c1-2-4-20-11-12(9-19-20)8-18-10-14-7-15(17)6-13-3-5-21-16(13)14/h6-7,9,11,18H,2-5,8,10H2,1H3. The maximum Gasteiger partial charge on any atom is 0.127 e. The largest absolute Gasteiger partial charge is 0.493 e. The van der Waals surface area contributed by atoms with E-state index in [0.717, 1.165) is 49.3 Å². The van der Waals surface area contributed by atoms with Crippen LogP contribution in [0, 0.1) is 0 Å². The molecule has 0 fully saturated rings. The van der Waals surface area contributed by atoms with E-state index in [2.05, 4.69) is 51.6 Å². The van der Waals surface area contributed by atoms with Crippen LogP contribution in [-0.4, -0.2) is 16.4 Å². The van der Waals surface area contributed by atoms with E-state index in [0.29, 0.717) is 0 Å². The van der Waals surface area contributed by atoms with Crippen LogP contribution in [0.25, 0.3) is 0 Å². The summed E-state index contributed by atoms with van der Waals surface area (Å²) in [5.41, 5.74) is 3.74. The number of benzene rings is 1. The van der Waals surface area contributed by atoms with Crippen LogP contribution in [-0.2, 0) is 26.1 Å². The predicted octanol–water partition coefficient (Wildman–Crippen LogP) is 3.28. The van der Waals surface area contributed by atoms with E-state index in [-0.39, 0.29) is 0 Å². The molecule has 0 aliphatic carbocycles. The molecule has 2 aromatic rings. The Morgan fingerprint density at radius 3 is 3.14 bits per heavy atom. The van der Waals surface area contributed by atoms with Crippen molar-refractivity contribution < 1.29 is 4.74 Å². The first kappa shape index (κ1) is 14.6. The van der Waals surface area contributed by atoms with Gasteiger partial charge in [0.2, 0.25) is 0 Å². The fourth-order valence-electron chi connectivity index (χ4n) is 2.67. The summed E-state index contributed by atoms with van der Waals surface area (Å²) < 4.78 is 8.87. The normalized spacial score (nSPS) is 13.2. The minimum atomic E-state index is 0.794. The van der Waals surface area contributed by atoms with Crippen LogP contribution in [0.2, 0.25) is 0 Å². The van der Waals surface area contributed by atoms with Crippen LogP contribution >= 0.6 is 15.9 Å². The van der Waals surface area contributed by atoms with Crippen molar-refractivity contribution in [1.29, 1.82) is 0 Å². The van der Waals surface area contributed by atoms with Gasteiger partial charge in [0.1, 0.15) is 5.75 Å². The Labute approximate surface area is 133 Å². The summed E-state index contributed by atoms with van der Waals surface area (Å²) in [5.74, 6) is 1.06. The summed E-state index contributed by atoms with van der Waals surface area (Å²) in [6.45, 7) is 5.56. The third-order valence-electron chi connectivity index (χ3n) is 3.61. The Balaban J connectivity index is 1.60. The average molecular weight is 350 g/mol. The molecule has 1 aliphatic heterocycles. The van der Waals surface area contributed by atoms with Crippen molar-refractivity contribution >= 4 is 15.9 Å². The summed E-state index contributed by atoms with van der Waals surface area (Å²) in [6, 6.07) is 4.29. The number of nitrogens with one attached hydrogen (secondary N) is 1. The average Bonchev–Trinajstić information content (AvgIpc) is 3.08. The molecule has 0 amide bonds. The number of aryl methyl sites for hydroxylation is 1. The number of aromatic nitrogens is 2. The Morgan fingerprint density at radius 2 is 2.29 bits per heavy atom. The quantitative estimate of drug-likeness (QED) is 0.869. The second kappa shape index (κ2) is 6.62. The summed E-state index contributed by atoms with van der Waals surface area (Å²) in [7, 11) is 0. The fourth-order valence-corrected chi connectivity index (χ4v) is 3.22. The van der Waals surface area contributed by atoms with Gasteiger partial charge >= 0.3 is 0 Å². The van der Waals surface area contributed by atoms with E-state index < -0.39 is 0 Å². The highest BCUT2D eigenvalue weighted by molar-refractivity contribution is 9.10. The van der Waals surface area contributed by atoms with Gasteiger partial charge in [-0.25, -0.2) is 0 Å². The molecule has 2 heterocycles. The molecule has 1 aromatic heterocycles. The van der Waals surface area contributed by atoms with Crippen LogP contribution in [0.15, 0.2) is 29.0 Å². The van der Waals surface area contributed by atoms with Crippen molar-refractivity contribution in [2.75, 3.05) is 6.61 Å². The Bertz CT molecular complexity index is 624. The Kier molecular flexibility index (Phi) is 4.60. The molecule has 21 heavy (non-hydrogen) atoms. The van der Waals surface area contributed by atoms with Gasteiger partial charge in [-0.05, 0) is 24.1 Å². The third-order valence-corrected chi connectivity index (χ3v) is 4.07. The molecular weight excluding hydrogens is 330 g/mol. The second-order valence-corrected chi connectivity index (χ2v) is 6.28. The van der Waals surface area contributed by atoms with Crippen molar-refractivity contribution in [3.05, 3.63) is 45.7 Å². The van der Waals surface area contributed by atoms with Crippen molar-refractivity contribution in [2.45, 2.75) is 39.4 Å². The maximum atomic E-state index is 5.75. The van der Waals surface area contributed by atoms with Gasteiger partial charge in [0.05, 0.1) is 12.8 Å². The number of halogens is 1. The third kappa shape index (κ3) is 3.47. The molecule has 0 spiro atoms. The zero-order valence-electron chi connectivity index (χ0n) is 12.2. The molecule has 1 aliphatic rings. The number of fused-ring (bicyclic) bond motifs is 1. The first-order chi connectivity index (χ1) is 10.3. The van der Waals surface area contributed by atoms with Gasteiger partial charge in [0.15, 0.2) is 0 Å². The van der Waals surface area contributed by atoms with Crippen LogP contribution < -0.4 is 10.1 Å². The molecule has 3 rings (SSSR count). The van der Waals surface area contributed by atoms with Crippen LogP contribution in [0.4, 0.5) is 0 Å². The van der Waals surface area contributed by atoms with E-state index >= 15 is 0 Å². The number of rotatable bonds is 6. The monoisotopic (exact) mass is 349 g/mol. The van der Waals surface area contributed by atoms with Gasteiger partial charge in [-0.2, -0.15) is 5.10 Å². The van der Waals surface area contributed by atoms with Gasteiger partial charge in [0.25, 0.3) is 0 Å². The lowest BCUT2D eigenvalue weighted by Gasteiger charge is -2.10. The molecular formula is C16H20BrN3O. The van der Waals surface area contributed by atoms with E-state index in [1.807, 2.05) is 10.9 Å². The van der Waals surface area contributed by atoms with Gasteiger partial charge in [-0.1, -0.05) is 22.9 Å². The molecule has 0 bridgehead atoms. The summed E-state index contributed by atoms with van der Waals surface area (Å²) in [6.07, 6.45) is 6.16. The van der Waals surface area contributed by atoms with Crippen LogP contribution in [0.1, 0.15) is 30.0 Å². The van der Waals surface area contributed by atoms with E-state index in [1.165, 1.54) is 16.7 Å². The minimum absolute atomic E-state index is 0.794. The Hall–Kier alpha value is -1.33. The van der Waals surface area contributed by atoms with Gasteiger partial charge < -0.3 is 10.1 Å². The van der Waals surface area contributed by atoms with Gasteiger partial charge in [0, 0.05) is 47.9 Å². The number of hydrogen-bond donors (Lipinski definition) is 1. The molecule has 0 saturated carbocycles. The highest BCUT2D eigenvalue weighted by Gasteiger charge is 2.17.